The van der Waals surface area contributed by atoms with Gasteiger partial charge in [0.25, 0.3) is 0 Å². The molecule has 0 radical (unpaired) electrons. The maximum atomic E-state index is 3.32. The fourth-order valence-corrected chi connectivity index (χ4v) is 3.13. The third-order valence-electron chi connectivity index (χ3n) is 3.03. The minimum atomic E-state index is 0.777. The van der Waals surface area contributed by atoms with Gasteiger partial charge in [-0.25, -0.2) is 0 Å². The third-order valence-corrected chi connectivity index (χ3v) is 4.07. The molecule has 70 valence electrons. The van der Waals surface area contributed by atoms with Gasteiger partial charge in [-0.3, -0.25) is 4.90 Å². The molecule has 0 saturated carbocycles. The molecule has 12 heavy (non-hydrogen) atoms. The molecule has 2 aliphatic heterocycles. The average molecular weight is 186 g/mol. The Morgan fingerprint density at radius 1 is 1.25 bits per heavy atom. The number of thioether (sulfide) groups is 1. The smallest absolute Gasteiger partial charge is 0.0320 e. The summed E-state index contributed by atoms with van der Waals surface area (Å²) in [4.78, 5) is 2.64. The molecule has 2 aliphatic rings. The molecular weight excluding hydrogens is 168 g/mol. The van der Waals surface area contributed by atoms with Crippen LogP contribution >= 0.6 is 11.8 Å². The highest BCUT2D eigenvalue weighted by Gasteiger charge is 2.31. The van der Waals surface area contributed by atoms with E-state index in [0.717, 1.165) is 12.1 Å². The van der Waals surface area contributed by atoms with Crippen molar-refractivity contribution in [2.75, 3.05) is 31.6 Å². The number of rotatable bonds is 2. The van der Waals surface area contributed by atoms with Crippen LogP contribution in [-0.4, -0.2) is 48.6 Å². The summed E-state index contributed by atoms with van der Waals surface area (Å²) >= 11 is 2.11. The van der Waals surface area contributed by atoms with E-state index >= 15 is 0 Å². The molecule has 0 aromatic carbocycles. The van der Waals surface area contributed by atoms with E-state index in [4.69, 9.17) is 0 Å². The first-order chi connectivity index (χ1) is 5.90. The fourth-order valence-electron chi connectivity index (χ4n) is 2.04. The Kier molecular flexibility index (Phi) is 2.94. The predicted molar refractivity (Wildman–Crippen MR) is 54.8 cm³/mol. The van der Waals surface area contributed by atoms with Gasteiger partial charge in [0.2, 0.25) is 0 Å². The summed E-state index contributed by atoms with van der Waals surface area (Å²) in [5, 5.41) is 3.32. The fraction of sp³-hybridized carbons (Fsp3) is 1.00. The van der Waals surface area contributed by atoms with E-state index in [-0.39, 0.29) is 0 Å². The van der Waals surface area contributed by atoms with Gasteiger partial charge in [-0.05, 0) is 31.4 Å². The Morgan fingerprint density at radius 3 is 2.50 bits per heavy atom. The van der Waals surface area contributed by atoms with E-state index in [1.165, 1.54) is 37.4 Å². The second kappa shape index (κ2) is 3.99. The highest BCUT2D eigenvalue weighted by Crippen LogP contribution is 2.24. The first-order valence-electron chi connectivity index (χ1n) is 4.89. The van der Waals surface area contributed by atoms with Crippen molar-refractivity contribution in [1.29, 1.82) is 0 Å². The Balaban J connectivity index is 1.72. The molecule has 0 aromatic rings. The normalized spacial score (nSPS) is 28.8. The first-order valence-corrected chi connectivity index (χ1v) is 6.04. The molecule has 2 rings (SSSR count). The lowest BCUT2D eigenvalue weighted by Crippen LogP contribution is -2.60. The molecule has 0 aromatic heterocycles. The molecular formula is C9H18N2S. The van der Waals surface area contributed by atoms with Gasteiger partial charge in [0.1, 0.15) is 0 Å². The average Bonchev–Trinajstić information content (AvgIpc) is 2.04. The second-order valence-electron chi connectivity index (χ2n) is 3.78. The Bertz CT molecular complexity index is 139. The van der Waals surface area contributed by atoms with Gasteiger partial charge in [-0.15, -0.1) is 0 Å². The highest BCUT2D eigenvalue weighted by molar-refractivity contribution is 7.99. The van der Waals surface area contributed by atoms with Crippen LogP contribution in [0, 0.1) is 0 Å². The molecule has 0 atom stereocenters. The molecule has 0 unspecified atom stereocenters. The number of likely N-dealkylation sites (tertiary alicyclic amines) is 1. The van der Waals surface area contributed by atoms with Crippen molar-refractivity contribution < 1.29 is 0 Å². The number of hydrogen-bond acceptors (Lipinski definition) is 3. The summed E-state index contributed by atoms with van der Waals surface area (Å²) in [5.74, 6) is 2.76. The van der Waals surface area contributed by atoms with E-state index in [1.54, 1.807) is 0 Å². The zero-order valence-corrected chi connectivity index (χ0v) is 8.57. The van der Waals surface area contributed by atoms with Crippen molar-refractivity contribution in [3.63, 3.8) is 0 Å². The highest BCUT2D eigenvalue weighted by atomic mass is 32.2. The van der Waals surface area contributed by atoms with Crippen LogP contribution in [0.5, 0.6) is 0 Å². The van der Waals surface area contributed by atoms with Gasteiger partial charge in [-0.1, -0.05) is 0 Å². The topological polar surface area (TPSA) is 15.3 Å². The van der Waals surface area contributed by atoms with Gasteiger partial charge in [-0.2, -0.15) is 11.8 Å². The maximum Gasteiger partial charge on any atom is 0.0320 e. The van der Waals surface area contributed by atoms with Gasteiger partial charge in [0.15, 0.2) is 0 Å². The van der Waals surface area contributed by atoms with Crippen molar-refractivity contribution in [2.45, 2.75) is 24.9 Å². The molecule has 1 N–H and O–H groups in total. The molecule has 3 heteroatoms. The molecule has 2 nitrogen and oxygen atoms in total. The van der Waals surface area contributed by atoms with Crippen LogP contribution in [0.3, 0.4) is 0 Å². The van der Waals surface area contributed by atoms with E-state index in [2.05, 4.69) is 29.0 Å². The van der Waals surface area contributed by atoms with Crippen molar-refractivity contribution in [1.82, 2.24) is 10.2 Å². The van der Waals surface area contributed by atoms with Crippen LogP contribution < -0.4 is 5.32 Å². The molecule has 2 fully saturated rings. The summed E-state index contributed by atoms with van der Waals surface area (Å²) in [5.41, 5.74) is 0. The van der Waals surface area contributed by atoms with Crippen LogP contribution in [0.15, 0.2) is 0 Å². The minimum absolute atomic E-state index is 0.777. The monoisotopic (exact) mass is 186 g/mol. The Labute approximate surface area is 79.1 Å². The van der Waals surface area contributed by atoms with Crippen LogP contribution in [0.2, 0.25) is 0 Å². The lowest BCUT2D eigenvalue weighted by molar-refractivity contribution is 0.0749. The van der Waals surface area contributed by atoms with Crippen LogP contribution in [0.25, 0.3) is 0 Å². The van der Waals surface area contributed by atoms with Gasteiger partial charge >= 0.3 is 0 Å². The number of likely N-dealkylation sites (N-methyl/N-ethyl adjacent to an activating group) is 1. The van der Waals surface area contributed by atoms with Crippen LogP contribution in [0.1, 0.15) is 12.8 Å². The summed E-state index contributed by atoms with van der Waals surface area (Å²) in [6.45, 7) is 2.57. The third kappa shape index (κ3) is 1.78. The van der Waals surface area contributed by atoms with Gasteiger partial charge in [0.05, 0.1) is 0 Å². The van der Waals surface area contributed by atoms with E-state index in [0.29, 0.717) is 0 Å². The molecule has 0 bridgehead atoms. The quantitative estimate of drug-likeness (QED) is 0.686. The summed E-state index contributed by atoms with van der Waals surface area (Å²) < 4.78 is 0. The van der Waals surface area contributed by atoms with E-state index in [9.17, 15) is 0 Å². The summed E-state index contributed by atoms with van der Waals surface area (Å²) in [6, 6.07) is 1.69. The van der Waals surface area contributed by atoms with Gasteiger partial charge in [0, 0.05) is 25.2 Å². The van der Waals surface area contributed by atoms with Crippen LogP contribution in [-0.2, 0) is 0 Å². The first kappa shape index (κ1) is 8.85. The zero-order valence-electron chi connectivity index (χ0n) is 7.75. The van der Waals surface area contributed by atoms with Crippen molar-refractivity contribution in [3.05, 3.63) is 0 Å². The number of nitrogens with one attached hydrogen (secondary N) is 1. The van der Waals surface area contributed by atoms with Crippen LogP contribution in [0.4, 0.5) is 0 Å². The van der Waals surface area contributed by atoms with E-state index < -0.39 is 0 Å². The van der Waals surface area contributed by atoms with E-state index in [1.807, 2.05) is 0 Å². The minimum Gasteiger partial charge on any atom is -0.315 e. The summed E-state index contributed by atoms with van der Waals surface area (Å²) in [6.07, 6.45) is 2.84. The lowest BCUT2D eigenvalue weighted by Gasteiger charge is -2.45. The number of hydrogen-bond donors (Lipinski definition) is 1. The second-order valence-corrected chi connectivity index (χ2v) is 5.01. The van der Waals surface area contributed by atoms with Crippen molar-refractivity contribution in [2.24, 2.45) is 0 Å². The molecule has 0 amide bonds. The molecule has 2 heterocycles. The number of nitrogens with zero attached hydrogens (tertiary/aromatic N) is 1. The summed E-state index contributed by atoms with van der Waals surface area (Å²) in [7, 11) is 2.07. The molecule has 0 aliphatic carbocycles. The molecule has 2 saturated heterocycles. The Morgan fingerprint density at radius 2 is 1.92 bits per heavy atom. The predicted octanol–water partition coefficient (Wildman–Crippen LogP) is 0.786. The zero-order chi connectivity index (χ0) is 8.39. The van der Waals surface area contributed by atoms with Crippen molar-refractivity contribution in [3.8, 4) is 0 Å². The maximum absolute atomic E-state index is 3.32. The van der Waals surface area contributed by atoms with Crippen molar-refractivity contribution >= 4 is 11.8 Å². The Hall–Kier alpha value is 0.270. The standard InChI is InChI=1S/C9H18N2S/c1-10-8-6-11(7-8)9-2-4-12-5-3-9/h8-10H,2-7H2,1H3. The van der Waals surface area contributed by atoms with Gasteiger partial charge < -0.3 is 5.32 Å². The SMILES string of the molecule is CNC1CN(C2CCSCC2)C1. The molecule has 0 spiro atoms. The lowest BCUT2D eigenvalue weighted by atomic mass is 10.0. The largest absolute Gasteiger partial charge is 0.315 e.